The number of H-pyrrole nitrogens is 1. The van der Waals surface area contributed by atoms with Crippen LogP contribution in [0.5, 0.6) is 0 Å². The molecule has 208 valence electrons. The number of aromatic amines is 1. The van der Waals surface area contributed by atoms with Crippen LogP contribution in [0.1, 0.15) is 77.2 Å². The van der Waals surface area contributed by atoms with Gasteiger partial charge in [0.1, 0.15) is 6.20 Å². The van der Waals surface area contributed by atoms with Crippen LogP contribution < -0.4 is 16.8 Å². The van der Waals surface area contributed by atoms with Crippen molar-refractivity contribution in [2.75, 3.05) is 6.61 Å². The molecule has 0 radical (unpaired) electrons. The number of benzene rings is 1. The number of hydrogen-bond acceptors (Lipinski definition) is 7. The van der Waals surface area contributed by atoms with Gasteiger partial charge in [-0.3, -0.25) is 19.5 Å². The van der Waals surface area contributed by atoms with E-state index in [0.717, 1.165) is 35.6 Å². The number of rotatable bonds is 5. The highest BCUT2D eigenvalue weighted by molar-refractivity contribution is 5.75. The number of aliphatic hydroxyl groups is 1. The van der Waals surface area contributed by atoms with Crippen molar-refractivity contribution in [3.8, 4) is 5.82 Å². The third-order valence-corrected chi connectivity index (χ3v) is 9.44. The van der Waals surface area contributed by atoms with Gasteiger partial charge < -0.3 is 9.67 Å². The number of aliphatic hydroxyl groups excluding tert-OH is 1. The van der Waals surface area contributed by atoms with Gasteiger partial charge in [0.2, 0.25) is 5.82 Å². The summed E-state index contributed by atoms with van der Waals surface area (Å²) < 4.78 is 2.62. The van der Waals surface area contributed by atoms with Gasteiger partial charge in [-0.15, -0.1) is 0 Å². The minimum absolute atomic E-state index is 0.0460. The summed E-state index contributed by atoms with van der Waals surface area (Å²) >= 11 is 0. The van der Waals surface area contributed by atoms with Crippen molar-refractivity contribution in [1.29, 1.82) is 0 Å². The second-order valence-electron chi connectivity index (χ2n) is 11.8. The molecule has 3 aromatic rings. The van der Waals surface area contributed by atoms with E-state index in [1.54, 1.807) is 4.57 Å². The molecule has 1 unspecified atom stereocenters. The minimum atomic E-state index is -0.804. The zero-order chi connectivity index (χ0) is 27.1. The summed E-state index contributed by atoms with van der Waals surface area (Å²) in [5.74, 6) is 1.42. The molecule has 3 heterocycles. The average molecular weight is 535 g/mol. The van der Waals surface area contributed by atoms with Gasteiger partial charge in [-0.2, -0.15) is 9.78 Å². The molecule has 0 spiro atoms. The third kappa shape index (κ3) is 4.89. The van der Waals surface area contributed by atoms with Gasteiger partial charge in [-0.1, -0.05) is 44.7 Å². The standard InChI is InChI=1S/C29H38N6O4/c1-2-20-14-22(15-23(17-36)33(20)21-12-18-7-3-4-8-19(11-18)13-21)34-25-10-6-5-9-24(25)31-27(28(34)38)35-29(39)32-26(37)16-30-35/h5-6,9-10,16,18-23,36H,2-4,7-8,11-15,17H2,1H3,(H,32,37,39)/t18-,19+,20-,21?,22+,23-/m1/s1. The number of aromatic nitrogens is 5. The van der Waals surface area contributed by atoms with Crippen molar-refractivity contribution in [3.05, 3.63) is 61.7 Å². The lowest BCUT2D eigenvalue weighted by Crippen LogP contribution is -2.57. The summed E-state index contributed by atoms with van der Waals surface area (Å²) in [5, 5.41) is 14.6. The van der Waals surface area contributed by atoms with E-state index in [1.165, 1.54) is 44.9 Å². The Morgan fingerprint density at radius 1 is 0.949 bits per heavy atom. The van der Waals surface area contributed by atoms with E-state index < -0.39 is 16.8 Å². The van der Waals surface area contributed by atoms with Gasteiger partial charge in [0, 0.05) is 24.2 Å². The largest absolute Gasteiger partial charge is 0.395 e. The number of nitrogens with one attached hydrogen (secondary N) is 1. The van der Waals surface area contributed by atoms with Crippen LogP contribution in [-0.2, 0) is 0 Å². The summed E-state index contributed by atoms with van der Waals surface area (Å²) in [5.41, 5.74) is -0.605. The van der Waals surface area contributed by atoms with Crippen LogP contribution in [0.2, 0.25) is 0 Å². The Balaban J connectivity index is 1.40. The first-order valence-corrected chi connectivity index (χ1v) is 14.5. The summed E-state index contributed by atoms with van der Waals surface area (Å²) in [6.07, 6.45) is 12.4. The normalized spacial score (nSPS) is 29.8. The number of fused-ring (bicyclic) bond motifs is 3. The van der Waals surface area contributed by atoms with E-state index in [2.05, 4.69) is 26.9 Å². The fourth-order valence-corrected chi connectivity index (χ4v) is 7.88. The summed E-state index contributed by atoms with van der Waals surface area (Å²) in [6, 6.07) is 7.90. The van der Waals surface area contributed by atoms with E-state index in [-0.39, 0.29) is 30.6 Å². The number of para-hydroxylation sites is 2. The molecule has 6 atom stereocenters. The Labute approximate surface area is 226 Å². The molecule has 10 heteroatoms. The molecule has 6 rings (SSSR count). The molecule has 10 nitrogen and oxygen atoms in total. The molecule has 2 saturated carbocycles. The second-order valence-corrected chi connectivity index (χ2v) is 11.8. The first-order valence-electron chi connectivity index (χ1n) is 14.5. The van der Waals surface area contributed by atoms with Crippen LogP contribution in [0.25, 0.3) is 16.9 Å². The predicted octanol–water partition coefficient (Wildman–Crippen LogP) is 2.77. The van der Waals surface area contributed by atoms with E-state index in [1.807, 2.05) is 24.3 Å². The van der Waals surface area contributed by atoms with Gasteiger partial charge in [-0.05, 0) is 62.5 Å². The number of hydrogen-bond donors (Lipinski definition) is 2. The van der Waals surface area contributed by atoms with Crippen molar-refractivity contribution >= 4 is 11.0 Å². The molecular formula is C29H38N6O4. The van der Waals surface area contributed by atoms with Crippen LogP contribution in [0, 0.1) is 11.8 Å². The fraction of sp³-hybridized carbons (Fsp3) is 0.621. The van der Waals surface area contributed by atoms with E-state index in [4.69, 9.17) is 0 Å². The van der Waals surface area contributed by atoms with E-state index >= 15 is 0 Å². The van der Waals surface area contributed by atoms with Crippen molar-refractivity contribution in [3.63, 3.8) is 0 Å². The molecule has 1 saturated heterocycles. The highest BCUT2D eigenvalue weighted by Crippen LogP contribution is 2.44. The van der Waals surface area contributed by atoms with Gasteiger partial charge in [0.15, 0.2) is 0 Å². The van der Waals surface area contributed by atoms with Crippen LogP contribution in [0.3, 0.4) is 0 Å². The number of likely N-dealkylation sites (tertiary alicyclic amines) is 1. The molecular weight excluding hydrogens is 496 g/mol. The maximum absolute atomic E-state index is 14.0. The van der Waals surface area contributed by atoms with Crippen LogP contribution in [0.4, 0.5) is 0 Å². The van der Waals surface area contributed by atoms with Crippen molar-refractivity contribution in [1.82, 2.24) is 29.2 Å². The lowest BCUT2D eigenvalue weighted by atomic mass is 9.75. The monoisotopic (exact) mass is 534 g/mol. The van der Waals surface area contributed by atoms with Crippen molar-refractivity contribution in [2.45, 2.75) is 95.3 Å². The summed E-state index contributed by atoms with van der Waals surface area (Å²) in [4.78, 5) is 47.4. The van der Waals surface area contributed by atoms with Gasteiger partial charge in [0.25, 0.3) is 11.1 Å². The third-order valence-electron chi connectivity index (χ3n) is 9.44. The van der Waals surface area contributed by atoms with Crippen molar-refractivity contribution < 1.29 is 5.11 Å². The molecule has 39 heavy (non-hydrogen) atoms. The molecule has 3 fully saturated rings. The highest BCUT2D eigenvalue weighted by atomic mass is 16.3. The van der Waals surface area contributed by atoms with Gasteiger partial charge in [-0.25, -0.2) is 9.78 Å². The Hall–Kier alpha value is -3.11. The Kier molecular flexibility index (Phi) is 7.24. The topological polar surface area (TPSA) is 126 Å². The Morgan fingerprint density at radius 3 is 2.36 bits per heavy atom. The van der Waals surface area contributed by atoms with Gasteiger partial charge >= 0.3 is 5.69 Å². The molecule has 2 bridgehead atoms. The van der Waals surface area contributed by atoms with Crippen LogP contribution >= 0.6 is 0 Å². The lowest BCUT2D eigenvalue weighted by Gasteiger charge is -2.51. The highest BCUT2D eigenvalue weighted by Gasteiger charge is 2.43. The second kappa shape index (κ2) is 10.8. The van der Waals surface area contributed by atoms with Crippen LogP contribution in [-0.4, -0.2) is 59.1 Å². The average Bonchev–Trinajstić information content (AvgIpc) is 3.11. The summed E-state index contributed by atoms with van der Waals surface area (Å²) in [7, 11) is 0. The van der Waals surface area contributed by atoms with Crippen molar-refractivity contribution in [2.24, 2.45) is 11.8 Å². The van der Waals surface area contributed by atoms with E-state index in [0.29, 0.717) is 23.5 Å². The number of piperidine rings is 1. The smallest absolute Gasteiger partial charge is 0.351 e. The summed E-state index contributed by atoms with van der Waals surface area (Å²) in [6.45, 7) is 2.25. The number of nitrogens with zero attached hydrogens (tertiary/aromatic N) is 5. The Morgan fingerprint density at radius 2 is 1.67 bits per heavy atom. The maximum Gasteiger partial charge on any atom is 0.351 e. The minimum Gasteiger partial charge on any atom is -0.395 e. The Bertz CT molecular complexity index is 1480. The maximum atomic E-state index is 14.0. The zero-order valence-electron chi connectivity index (χ0n) is 22.5. The zero-order valence-corrected chi connectivity index (χ0v) is 22.5. The van der Waals surface area contributed by atoms with Crippen LogP contribution in [0.15, 0.2) is 44.8 Å². The molecule has 0 amide bonds. The SMILES string of the molecule is CC[C@@H]1C[C@H](n2c(=O)c(-n3ncc(=O)[nH]c3=O)nc3ccccc32)C[C@H](CO)N1C1C[C@H]2CCCC[C@@H](C1)C2. The molecule has 3 aliphatic rings. The molecule has 2 aromatic heterocycles. The lowest BCUT2D eigenvalue weighted by molar-refractivity contribution is -0.0360. The molecule has 1 aliphatic heterocycles. The predicted molar refractivity (Wildman–Crippen MR) is 148 cm³/mol. The molecule has 1 aromatic carbocycles. The first-order chi connectivity index (χ1) is 19.0. The molecule has 2 aliphatic carbocycles. The van der Waals surface area contributed by atoms with Gasteiger partial charge in [0.05, 0.1) is 17.6 Å². The molecule has 2 N–H and O–H groups in total. The van der Waals surface area contributed by atoms with E-state index in [9.17, 15) is 19.5 Å². The fourth-order valence-electron chi connectivity index (χ4n) is 7.88. The quantitative estimate of drug-likeness (QED) is 0.515. The first kappa shape index (κ1) is 26.1.